The van der Waals surface area contributed by atoms with Crippen LogP contribution < -0.4 is 0 Å². The van der Waals surface area contributed by atoms with E-state index in [1.54, 1.807) is 11.9 Å². The zero-order valence-electron chi connectivity index (χ0n) is 11.0. The van der Waals surface area contributed by atoms with Gasteiger partial charge < -0.3 is 14.7 Å². The molecule has 92 valence electrons. The van der Waals surface area contributed by atoms with Gasteiger partial charge in [-0.25, -0.2) is 4.79 Å². The van der Waals surface area contributed by atoms with E-state index in [9.17, 15) is 4.79 Å². The summed E-state index contributed by atoms with van der Waals surface area (Å²) in [6.07, 6.45) is -0.249. The van der Waals surface area contributed by atoms with Gasteiger partial charge in [-0.2, -0.15) is 0 Å². The minimum absolute atomic E-state index is 0.249. The summed E-state index contributed by atoms with van der Waals surface area (Å²) in [7, 11) is 2.76. The molecule has 0 saturated heterocycles. The van der Waals surface area contributed by atoms with Crippen molar-refractivity contribution in [2.75, 3.05) is 20.7 Å². The van der Waals surface area contributed by atoms with Crippen molar-refractivity contribution in [3.63, 3.8) is 0 Å². The van der Waals surface area contributed by atoms with Gasteiger partial charge in [0, 0.05) is 20.7 Å². The van der Waals surface area contributed by atoms with Crippen LogP contribution in [0, 0.1) is 5.92 Å². The highest BCUT2D eigenvalue weighted by Crippen LogP contribution is 2.09. The molecule has 0 aliphatic heterocycles. The van der Waals surface area contributed by atoms with Crippen molar-refractivity contribution in [1.82, 2.24) is 4.90 Å². The number of rotatable bonds is 2. The Labute approximate surface area is 93.2 Å². The van der Waals surface area contributed by atoms with Crippen molar-refractivity contribution < 1.29 is 14.6 Å². The first kappa shape index (κ1) is 16.7. The van der Waals surface area contributed by atoms with Crippen LogP contribution in [0.2, 0.25) is 0 Å². The van der Waals surface area contributed by atoms with Crippen LogP contribution in [0.1, 0.15) is 34.6 Å². The van der Waals surface area contributed by atoms with E-state index >= 15 is 0 Å². The number of carbonyl (C=O) groups is 1. The lowest BCUT2D eigenvalue weighted by molar-refractivity contribution is 0.0280. The molecule has 4 heteroatoms. The summed E-state index contributed by atoms with van der Waals surface area (Å²) in [5.41, 5.74) is -0.400. The molecule has 0 rings (SSSR count). The van der Waals surface area contributed by atoms with Gasteiger partial charge in [-0.15, -0.1) is 0 Å². The van der Waals surface area contributed by atoms with Crippen LogP contribution in [-0.4, -0.2) is 42.4 Å². The summed E-state index contributed by atoms with van der Waals surface area (Å²) < 4.78 is 5.19. The highest BCUT2D eigenvalue weighted by Gasteiger charge is 2.19. The molecule has 0 bridgehead atoms. The van der Waals surface area contributed by atoms with E-state index in [-0.39, 0.29) is 6.09 Å². The Bertz CT molecular complexity index is 173. The summed E-state index contributed by atoms with van der Waals surface area (Å²) in [5.74, 6) is 0.470. The average Bonchev–Trinajstić information content (AvgIpc) is 2.03. The van der Waals surface area contributed by atoms with Crippen molar-refractivity contribution >= 4 is 6.09 Å². The van der Waals surface area contributed by atoms with Gasteiger partial charge in [-0.3, -0.25) is 0 Å². The fourth-order valence-corrected chi connectivity index (χ4v) is 0.962. The summed E-state index contributed by atoms with van der Waals surface area (Å²) in [4.78, 5) is 13.0. The Morgan fingerprint density at radius 1 is 1.33 bits per heavy atom. The lowest BCUT2D eigenvalue weighted by atomic mass is 10.2. The fraction of sp³-hybridized carbons (Fsp3) is 0.909. The molecule has 4 nitrogen and oxygen atoms in total. The number of carbonyl (C=O) groups excluding carboxylic acids is 1. The van der Waals surface area contributed by atoms with Crippen LogP contribution in [0.4, 0.5) is 4.79 Å². The topological polar surface area (TPSA) is 49.8 Å². The van der Waals surface area contributed by atoms with E-state index in [1.807, 2.05) is 20.8 Å². The number of hydrogen-bond acceptors (Lipinski definition) is 3. The Hall–Kier alpha value is -0.770. The molecular formula is C11H25NO3. The summed E-state index contributed by atoms with van der Waals surface area (Å²) in [5, 5.41) is 7.00. The summed E-state index contributed by atoms with van der Waals surface area (Å²) >= 11 is 0. The van der Waals surface area contributed by atoms with Gasteiger partial charge in [0.1, 0.15) is 5.60 Å². The molecule has 0 fully saturated rings. The second kappa shape index (κ2) is 7.51. The molecule has 0 aromatic heterocycles. The first-order valence-electron chi connectivity index (χ1n) is 5.11. The molecule has 0 aliphatic carbocycles. The third-order valence-corrected chi connectivity index (χ3v) is 1.34. The number of aliphatic hydroxyl groups excluding tert-OH is 1. The molecule has 0 aromatic rings. The van der Waals surface area contributed by atoms with Crippen LogP contribution in [0.25, 0.3) is 0 Å². The fourth-order valence-electron chi connectivity index (χ4n) is 0.962. The largest absolute Gasteiger partial charge is 0.444 e. The maximum absolute atomic E-state index is 11.4. The molecule has 15 heavy (non-hydrogen) atoms. The minimum atomic E-state index is -0.400. The zero-order valence-corrected chi connectivity index (χ0v) is 11.0. The molecule has 0 aliphatic rings. The van der Waals surface area contributed by atoms with Gasteiger partial charge in [0.25, 0.3) is 0 Å². The molecule has 1 N–H and O–H groups in total. The van der Waals surface area contributed by atoms with Gasteiger partial charge in [0.05, 0.1) is 0 Å². The lowest BCUT2D eigenvalue weighted by Gasteiger charge is -2.25. The van der Waals surface area contributed by atoms with E-state index in [2.05, 4.69) is 13.8 Å². The van der Waals surface area contributed by atoms with Crippen molar-refractivity contribution in [1.29, 1.82) is 0 Å². The number of hydrogen-bond donors (Lipinski definition) is 1. The SMILES string of the molecule is CC(C)CN(C)C(=O)OC(C)(C)C.CO. The molecule has 1 amide bonds. The molecule has 0 heterocycles. The quantitative estimate of drug-likeness (QED) is 0.774. The average molecular weight is 219 g/mol. The highest BCUT2D eigenvalue weighted by atomic mass is 16.6. The zero-order chi connectivity index (χ0) is 12.6. The highest BCUT2D eigenvalue weighted by molar-refractivity contribution is 5.67. The first-order valence-corrected chi connectivity index (χ1v) is 5.11. The van der Waals surface area contributed by atoms with Crippen LogP contribution >= 0.6 is 0 Å². The van der Waals surface area contributed by atoms with Gasteiger partial charge in [0.2, 0.25) is 0 Å². The Kier molecular flexibility index (Phi) is 8.34. The Balaban J connectivity index is 0. The molecule has 0 aromatic carbocycles. The Morgan fingerprint density at radius 3 is 2.00 bits per heavy atom. The third kappa shape index (κ3) is 11.2. The number of aliphatic hydroxyl groups is 1. The van der Waals surface area contributed by atoms with Crippen LogP contribution in [0.3, 0.4) is 0 Å². The van der Waals surface area contributed by atoms with Gasteiger partial charge in [-0.05, 0) is 26.7 Å². The second-order valence-electron chi connectivity index (χ2n) is 4.75. The van der Waals surface area contributed by atoms with E-state index in [1.165, 1.54) is 0 Å². The third-order valence-electron chi connectivity index (χ3n) is 1.34. The predicted octanol–water partition coefficient (Wildman–Crippen LogP) is 2.12. The van der Waals surface area contributed by atoms with E-state index < -0.39 is 5.60 Å². The molecule has 0 unspecified atom stereocenters. The van der Waals surface area contributed by atoms with E-state index in [0.717, 1.165) is 13.7 Å². The second-order valence-corrected chi connectivity index (χ2v) is 4.75. The van der Waals surface area contributed by atoms with Crippen LogP contribution in [0.5, 0.6) is 0 Å². The number of amides is 1. The standard InChI is InChI=1S/C10H21NO2.CH4O/c1-8(2)7-11(6)9(12)13-10(3,4)5;1-2/h8H,7H2,1-6H3;2H,1H3. The molecule has 0 saturated carbocycles. The smallest absolute Gasteiger partial charge is 0.410 e. The summed E-state index contributed by atoms with van der Waals surface area (Å²) in [6, 6.07) is 0. The van der Waals surface area contributed by atoms with Gasteiger partial charge in [0.15, 0.2) is 0 Å². The Morgan fingerprint density at radius 2 is 1.73 bits per heavy atom. The molecular weight excluding hydrogens is 194 g/mol. The number of ether oxygens (including phenoxy) is 1. The summed E-state index contributed by atoms with van der Waals surface area (Å²) in [6.45, 7) is 10.5. The van der Waals surface area contributed by atoms with Crippen molar-refractivity contribution in [2.24, 2.45) is 5.92 Å². The lowest BCUT2D eigenvalue weighted by Crippen LogP contribution is -2.36. The van der Waals surface area contributed by atoms with Crippen LogP contribution in [-0.2, 0) is 4.74 Å². The van der Waals surface area contributed by atoms with Crippen LogP contribution in [0.15, 0.2) is 0 Å². The molecule has 0 atom stereocenters. The predicted molar refractivity (Wildman–Crippen MR) is 61.8 cm³/mol. The van der Waals surface area contributed by atoms with Crippen molar-refractivity contribution in [3.05, 3.63) is 0 Å². The van der Waals surface area contributed by atoms with E-state index in [0.29, 0.717) is 5.92 Å². The minimum Gasteiger partial charge on any atom is -0.444 e. The van der Waals surface area contributed by atoms with Crippen molar-refractivity contribution in [3.8, 4) is 0 Å². The molecule has 0 spiro atoms. The normalized spacial score (nSPS) is 10.5. The van der Waals surface area contributed by atoms with Gasteiger partial charge >= 0.3 is 6.09 Å². The molecule has 0 radical (unpaired) electrons. The number of nitrogens with zero attached hydrogens (tertiary/aromatic N) is 1. The van der Waals surface area contributed by atoms with Gasteiger partial charge in [-0.1, -0.05) is 13.8 Å². The van der Waals surface area contributed by atoms with Crippen molar-refractivity contribution in [2.45, 2.75) is 40.2 Å². The first-order chi connectivity index (χ1) is 6.72. The van der Waals surface area contributed by atoms with E-state index in [4.69, 9.17) is 9.84 Å². The maximum atomic E-state index is 11.4. The monoisotopic (exact) mass is 219 g/mol. The maximum Gasteiger partial charge on any atom is 0.410 e.